The lowest BCUT2D eigenvalue weighted by Gasteiger charge is -2.40. The number of carbonyl (C=O) groups excluding carboxylic acids is 1. The third-order valence-corrected chi connectivity index (χ3v) is 9.26. The van der Waals surface area contributed by atoms with Crippen LogP contribution in [0.1, 0.15) is 64.3 Å². The number of aryl methyl sites for hydroxylation is 2. The second-order valence-corrected chi connectivity index (χ2v) is 11.6. The molecule has 0 atom stereocenters. The summed E-state index contributed by atoms with van der Waals surface area (Å²) in [6.45, 7) is 12.8. The number of ether oxygens (including phenoxy) is 1. The van der Waals surface area contributed by atoms with Crippen molar-refractivity contribution in [3.63, 3.8) is 0 Å². The number of morpholine rings is 1. The van der Waals surface area contributed by atoms with Gasteiger partial charge in [-0.1, -0.05) is 36.4 Å². The zero-order valence-electron chi connectivity index (χ0n) is 23.0. The number of para-hydroxylation sites is 1. The Bertz CT molecular complexity index is 1240. The van der Waals surface area contributed by atoms with Crippen molar-refractivity contribution in [3.8, 4) is 0 Å². The first-order valence-electron chi connectivity index (χ1n) is 14.6. The average molecular weight is 515 g/mol. The number of fused-ring (bicyclic) bond motifs is 1. The lowest BCUT2D eigenvalue weighted by Crippen LogP contribution is -2.50. The maximum atomic E-state index is 13.9. The Morgan fingerprint density at radius 3 is 2.26 bits per heavy atom. The molecule has 38 heavy (non-hydrogen) atoms. The van der Waals surface area contributed by atoms with Crippen molar-refractivity contribution in [2.24, 2.45) is 0 Å². The molecule has 4 heterocycles. The molecule has 1 N–H and O–H groups in total. The first-order valence-corrected chi connectivity index (χ1v) is 14.6. The largest absolute Gasteiger partial charge is 0.379 e. The Morgan fingerprint density at radius 2 is 1.55 bits per heavy atom. The molecule has 1 aromatic heterocycles. The molecule has 0 radical (unpaired) electrons. The van der Waals surface area contributed by atoms with Gasteiger partial charge in [0, 0.05) is 55.2 Å². The first kappa shape index (κ1) is 25.6. The van der Waals surface area contributed by atoms with Gasteiger partial charge in [0.25, 0.3) is 5.91 Å². The highest BCUT2D eigenvalue weighted by molar-refractivity contribution is 6.01. The number of rotatable bonds is 5. The number of nitrogens with one attached hydrogen (secondary N) is 1. The highest BCUT2D eigenvalue weighted by Crippen LogP contribution is 2.34. The van der Waals surface area contributed by atoms with Crippen LogP contribution in [0.2, 0.25) is 0 Å². The van der Waals surface area contributed by atoms with E-state index in [2.05, 4.69) is 76.0 Å². The predicted molar refractivity (Wildman–Crippen MR) is 153 cm³/mol. The molecule has 6 heteroatoms. The number of benzene rings is 2. The fourth-order valence-electron chi connectivity index (χ4n) is 7.16. The van der Waals surface area contributed by atoms with Gasteiger partial charge < -0.3 is 14.6 Å². The molecular weight excluding hydrogens is 472 g/mol. The Balaban J connectivity index is 1.15. The number of hydrogen-bond donors (Lipinski definition) is 1. The summed E-state index contributed by atoms with van der Waals surface area (Å²) in [5, 5.41) is 1.19. The van der Waals surface area contributed by atoms with Crippen molar-refractivity contribution in [1.82, 2.24) is 19.7 Å². The number of likely N-dealkylation sites (tertiary alicyclic amines) is 2. The average Bonchev–Trinajstić information content (AvgIpc) is 3.32. The molecule has 0 spiro atoms. The molecule has 202 valence electrons. The summed E-state index contributed by atoms with van der Waals surface area (Å²) in [7, 11) is 0. The van der Waals surface area contributed by atoms with Gasteiger partial charge in [-0.15, -0.1) is 0 Å². The van der Waals surface area contributed by atoms with Crippen LogP contribution in [0.3, 0.4) is 0 Å². The van der Waals surface area contributed by atoms with E-state index in [0.717, 1.165) is 83.1 Å². The fourth-order valence-corrected chi connectivity index (χ4v) is 7.16. The van der Waals surface area contributed by atoms with Crippen LogP contribution >= 0.6 is 0 Å². The number of H-pyrrole nitrogens is 1. The number of carbonyl (C=O) groups is 1. The van der Waals surface area contributed by atoms with Crippen molar-refractivity contribution < 1.29 is 9.53 Å². The van der Waals surface area contributed by atoms with E-state index in [9.17, 15) is 4.79 Å². The molecule has 3 fully saturated rings. The zero-order chi connectivity index (χ0) is 26.1. The minimum absolute atomic E-state index is 0.169. The van der Waals surface area contributed by atoms with E-state index in [1.54, 1.807) is 5.56 Å². The van der Waals surface area contributed by atoms with E-state index < -0.39 is 0 Å². The van der Waals surface area contributed by atoms with Gasteiger partial charge in [0.15, 0.2) is 0 Å². The molecule has 6 rings (SSSR count). The van der Waals surface area contributed by atoms with Gasteiger partial charge in [-0.05, 0) is 81.3 Å². The number of piperidine rings is 2. The lowest BCUT2D eigenvalue weighted by molar-refractivity contribution is 0.00151. The van der Waals surface area contributed by atoms with Crippen molar-refractivity contribution in [3.05, 3.63) is 70.4 Å². The van der Waals surface area contributed by atoms with E-state index in [-0.39, 0.29) is 5.91 Å². The van der Waals surface area contributed by atoms with Gasteiger partial charge in [-0.3, -0.25) is 14.6 Å². The van der Waals surface area contributed by atoms with Gasteiger partial charge in [-0.25, -0.2) is 0 Å². The second-order valence-electron chi connectivity index (χ2n) is 11.6. The predicted octanol–water partition coefficient (Wildman–Crippen LogP) is 5.10. The first-order chi connectivity index (χ1) is 18.6. The minimum Gasteiger partial charge on any atom is -0.379 e. The van der Waals surface area contributed by atoms with E-state index in [1.165, 1.54) is 34.9 Å². The van der Waals surface area contributed by atoms with Crippen molar-refractivity contribution >= 4 is 16.8 Å². The molecule has 3 saturated heterocycles. The van der Waals surface area contributed by atoms with Gasteiger partial charge in [0.05, 0.1) is 13.2 Å². The van der Waals surface area contributed by atoms with Crippen LogP contribution in [0, 0.1) is 13.8 Å². The Labute approximate surface area is 226 Å². The molecule has 0 bridgehead atoms. The van der Waals surface area contributed by atoms with Crippen LogP contribution in [-0.4, -0.2) is 84.1 Å². The van der Waals surface area contributed by atoms with Gasteiger partial charge >= 0.3 is 0 Å². The molecule has 6 nitrogen and oxygen atoms in total. The summed E-state index contributed by atoms with van der Waals surface area (Å²) in [4.78, 5) is 24.6. The molecule has 1 amide bonds. The number of aromatic amines is 1. The monoisotopic (exact) mass is 514 g/mol. The van der Waals surface area contributed by atoms with Crippen LogP contribution in [0.15, 0.2) is 42.5 Å². The molecule has 0 saturated carbocycles. The lowest BCUT2D eigenvalue weighted by atomic mass is 9.84. The number of hydrogen-bond acceptors (Lipinski definition) is 4. The van der Waals surface area contributed by atoms with Crippen molar-refractivity contribution in [2.75, 3.05) is 52.5 Å². The van der Waals surface area contributed by atoms with Crippen LogP contribution in [0.25, 0.3) is 10.9 Å². The molecule has 0 aliphatic carbocycles. The number of amides is 1. The summed E-state index contributed by atoms with van der Waals surface area (Å²) in [6, 6.07) is 15.7. The van der Waals surface area contributed by atoms with Crippen LogP contribution in [0.5, 0.6) is 0 Å². The van der Waals surface area contributed by atoms with Gasteiger partial charge in [-0.2, -0.15) is 0 Å². The van der Waals surface area contributed by atoms with Gasteiger partial charge in [0.1, 0.15) is 5.69 Å². The molecule has 2 aromatic carbocycles. The number of aromatic nitrogens is 1. The highest BCUT2D eigenvalue weighted by Gasteiger charge is 2.31. The molecule has 3 aliphatic heterocycles. The Hall–Kier alpha value is -2.67. The normalized spacial score (nSPS) is 20.8. The van der Waals surface area contributed by atoms with E-state index >= 15 is 0 Å². The maximum absolute atomic E-state index is 13.9. The summed E-state index contributed by atoms with van der Waals surface area (Å²) in [6.07, 6.45) is 4.44. The summed E-state index contributed by atoms with van der Waals surface area (Å²) in [5.74, 6) is 0.798. The standard InChI is InChI=1S/C32H42N4O2/c1-23-6-5-7-24(2)30(23)25-10-14-34(15-11-25)22-28-27-8-3-4-9-29(27)33-31(28)32(37)36-16-12-26(13-17-36)35-18-20-38-21-19-35/h3-9,25-26,33H,10-22H2,1-2H3. The zero-order valence-corrected chi connectivity index (χ0v) is 23.0. The second kappa shape index (κ2) is 11.2. The van der Waals surface area contributed by atoms with Crippen LogP contribution in [-0.2, 0) is 11.3 Å². The third kappa shape index (κ3) is 5.14. The molecule has 3 aromatic rings. The van der Waals surface area contributed by atoms with Crippen LogP contribution < -0.4 is 0 Å². The minimum atomic E-state index is 0.169. The Morgan fingerprint density at radius 1 is 0.868 bits per heavy atom. The summed E-state index contributed by atoms with van der Waals surface area (Å²) >= 11 is 0. The van der Waals surface area contributed by atoms with E-state index in [1.807, 2.05) is 0 Å². The molecule has 0 unspecified atom stereocenters. The SMILES string of the molecule is Cc1cccc(C)c1C1CCN(Cc2c(C(=O)N3CCC(N4CCOCC4)CC3)[nH]c3ccccc23)CC1. The van der Waals surface area contributed by atoms with E-state index in [4.69, 9.17) is 4.74 Å². The van der Waals surface area contributed by atoms with Crippen molar-refractivity contribution in [1.29, 1.82) is 0 Å². The van der Waals surface area contributed by atoms with Crippen molar-refractivity contribution in [2.45, 2.75) is 58.0 Å². The quantitative estimate of drug-likeness (QED) is 0.515. The van der Waals surface area contributed by atoms with Gasteiger partial charge in [0.2, 0.25) is 0 Å². The maximum Gasteiger partial charge on any atom is 0.270 e. The molecule has 3 aliphatic rings. The van der Waals surface area contributed by atoms with E-state index in [0.29, 0.717) is 12.0 Å². The summed E-state index contributed by atoms with van der Waals surface area (Å²) < 4.78 is 5.54. The molecular formula is C32H42N4O2. The fraction of sp³-hybridized carbons (Fsp3) is 0.531. The third-order valence-electron chi connectivity index (χ3n) is 9.26. The smallest absolute Gasteiger partial charge is 0.270 e. The summed E-state index contributed by atoms with van der Waals surface area (Å²) in [5.41, 5.74) is 7.44. The highest BCUT2D eigenvalue weighted by atomic mass is 16.5. The number of nitrogens with zero attached hydrogens (tertiary/aromatic N) is 3. The topological polar surface area (TPSA) is 51.8 Å². The Kier molecular flexibility index (Phi) is 7.55. The van der Waals surface area contributed by atoms with Crippen LogP contribution in [0.4, 0.5) is 0 Å².